The van der Waals surface area contributed by atoms with Crippen molar-refractivity contribution in [3.05, 3.63) is 59.9 Å². The molecular formula is C25H33N2O4+. The summed E-state index contributed by atoms with van der Waals surface area (Å²) < 4.78 is 7.19. The van der Waals surface area contributed by atoms with Crippen LogP contribution in [0.15, 0.2) is 48.8 Å². The Labute approximate surface area is 184 Å². The summed E-state index contributed by atoms with van der Waals surface area (Å²) in [7, 11) is 3.51. The largest absolute Gasteiger partial charge is 0.426 e. The van der Waals surface area contributed by atoms with Crippen molar-refractivity contribution in [2.24, 2.45) is 0 Å². The van der Waals surface area contributed by atoms with Gasteiger partial charge in [0.1, 0.15) is 17.9 Å². The molecule has 0 radical (unpaired) electrons. The molecule has 2 rings (SSSR count). The summed E-state index contributed by atoms with van der Waals surface area (Å²) in [4.78, 5) is 37.2. The van der Waals surface area contributed by atoms with Gasteiger partial charge in [-0.25, -0.2) is 4.57 Å². The van der Waals surface area contributed by atoms with Crippen LogP contribution in [0.5, 0.6) is 5.75 Å². The predicted octanol–water partition coefficient (Wildman–Crippen LogP) is 4.21. The van der Waals surface area contributed by atoms with E-state index in [9.17, 15) is 14.4 Å². The van der Waals surface area contributed by atoms with Crippen LogP contribution >= 0.6 is 0 Å². The third-order valence-corrected chi connectivity index (χ3v) is 5.02. The number of nitrogens with zero attached hydrogens (tertiary/aromatic N) is 2. The van der Waals surface area contributed by atoms with E-state index in [0.29, 0.717) is 23.3 Å². The average molecular weight is 426 g/mol. The Morgan fingerprint density at radius 2 is 1.58 bits per heavy atom. The molecule has 0 aliphatic rings. The van der Waals surface area contributed by atoms with Gasteiger partial charge in [0.2, 0.25) is 0 Å². The molecule has 1 amide bonds. The van der Waals surface area contributed by atoms with Gasteiger partial charge >= 0.3 is 5.97 Å². The van der Waals surface area contributed by atoms with E-state index in [0.717, 1.165) is 45.1 Å². The van der Waals surface area contributed by atoms with E-state index in [2.05, 4.69) is 4.57 Å². The molecule has 0 aliphatic heterocycles. The molecule has 0 fully saturated rings. The first-order valence-electron chi connectivity index (χ1n) is 10.9. The smallest absolute Gasteiger partial charge is 0.308 e. The molecule has 0 unspecified atom stereocenters. The first-order valence-corrected chi connectivity index (χ1v) is 10.9. The predicted molar refractivity (Wildman–Crippen MR) is 119 cm³/mol. The van der Waals surface area contributed by atoms with Gasteiger partial charge in [-0.1, -0.05) is 31.4 Å². The SMILES string of the molecule is CC(=O)Oc1ccccc1C(=O)CCCCCCCC[n+]1cccc(C(=O)N(C)C)c1. The number of unbranched alkanes of at least 4 members (excludes halogenated alkanes) is 5. The Bertz CT molecular complexity index is 893. The maximum Gasteiger partial charge on any atom is 0.308 e. The normalized spacial score (nSPS) is 10.5. The van der Waals surface area contributed by atoms with Crippen LogP contribution in [0.25, 0.3) is 0 Å². The van der Waals surface area contributed by atoms with Crippen molar-refractivity contribution in [1.82, 2.24) is 4.90 Å². The summed E-state index contributed by atoms with van der Waals surface area (Å²) >= 11 is 0. The van der Waals surface area contributed by atoms with Crippen LogP contribution in [0.4, 0.5) is 0 Å². The standard InChI is InChI=1S/C25H33N2O4/c1-20(28)31-24-16-10-9-14-22(24)23(29)15-8-6-4-5-7-11-17-27-18-12-13-21(19-27)25(30)26(2)3/h9-10,12-14,16,18-19H,4-8,11,15,17H2,1-3H3/q+1. The minimum atomic E-state index is -0.422. The number of pyridine rings is 1. The molecule has 0 spiro atoms. The lowest BCUT2D eigenvalue weighted by molar-refractivity contribution is -0.697. The molecule has 0 N–H and O–H groups in total. The van der Waals surface area contributed by atoms with Crippen LogP contribution in [0.2, 0.25) is 0 Å². The second-order valence-electron chi connectivity index (χ2n) is 7.91. The molecule has 31 heavy (non-hydrogen) atoms. The van der Waals surface area contributed by atoms with Crippen molar-refractivity contribution in [1.29, 1.82) is 0 Å². The number of ketones is 1. The molecule has 0 aliphatic carbocycles. The van der Waals surface area contributed by atoms with E-state index in [1.54, 1.807) is 43.3 Å². The zero-order chi connectivity index (χ0) is 22.6. The third kappa shape index (κ3) is 8.32. The molecule has 2 aromatic rings. The van der Waals surface area contributed by atoms with Gasteiger partial charge in [0, 0.05) is 39.9 Å². The molecule has 0 atom stereocenters. The molecule has 166 valence electrons. The highest BCUT2D eigenvalue weighted by atomic mass is 16.5. The fraction of sp³-hybridized carbons (Fsp3) is 0.440. The quantitative estimate of drug-likeness (QED) is 0.168. The zero-order valence-corrected chi connectivity index (χ0v) is 18.8. The number of amides is 1. The summed E-state index contributed by atoms with van der Waals surface area (Å²) in [6.45, 7) is 2.22. The number of hydrogen-bond acceptors (Lipinski definition) is 4. The number of carbonyl (C=O) groups excluding carboxylic acids is 3. The van der Waals surface area contributed by atoms with Gasteiger partial charge in [-0.05, 0) is 31.0 Å². The molecule has 6 heteroatoms. The summed E-state index contributed by atoms with van der Waals surface area (Å²) in [5, 5.41) is 0. The van der Waals surface area contributed by atoms with E-state index in [-0.39, 0.29) is 11.7 Å². The number of ether oxygens (including phenoxy) is 1. The van der Waals surface area contributed by atoms with Crippen LogP contribution in [0, 0.1) is 0 Å². The van der Waals surface area contributed by atoms with Crippen molar-refractivity contribution in [2.45, 2.75) is 58.4 Å². The molecular weight excluding hydrogens is 392 g/mol. The zero-order valence-electron chi connectivity index (χ0n) is 18.8. The maximum absolute atomic E-state index is 12.4. The second kappa shape index (κ2) is 12.6. The highest BCUT2D eigenvalue weighted by Crippen LogP contribution is 2.21. The van der Waals surface area contributed by atoms with Crippen LogP contribution in [-0.4, -0.2) is 36.7 Å². The van der Waals surface area contributed by atoms with Gasteiger partial charge in [0.05, 0.1) is 5.56 Å². The maximum atomic E-state index is 12.4. The Morgan fingerprint density at radius 1 is 0.903 bits per heavy atom. The Balaban J connectivity index is 1.63. The first-order chi connectivity index (χ1) is 14.9. The van der Waals surface area contributed by atoms with E-state index in [4.69, 9.17) is 4.74 Å². The Kier molecular flexibility index (Phi) is 9.88. The minimum absolute atomic E-state index is 0.0133. The monoisotopic (exact) mass is 425 g/mol. The number of Topliss-reactive ketones (excluding diaryl/α,β-unsaturated/α-hetero) is 1. The lowest BCUT2D eigenvalue weighted by Crippen LogP contribution is -2.35. The Hall–Kier alpha value is -3.02. The topological polar surface area (TPSA) is 67.6 Å². The van der Waals surface area contributed by atoms with Crippen LogP contribution in [0.3, 0.4) is 0 Å². The first kappa shape index (κ1) is 24.3. The second-order valence-corrected chi connectivity index (χ2v) is 7.91. The number of aromatic nitrogens is 1. The molecule has 6 nitrogen and oxygen atoms in total. The van der Waals surface area contributed by atoms with E-state index < -0.39 is 5.97 Å². The van der Waals surface area contributed by atoms with Crippen LogP contribution in [-0.2, 0) is 11.3 Å². The van der Waals surface area contributed by atoms with Gasteiger partial charge in [0.25, 0.3) is 5.91 Å². The number of benzene rings is 1. The van der Waals surface area contributed by atoms with Crippen molar-refractivity contribution in [3.8, 4) is 5.75 Å². The van der Waals surface area contributed by atoms with Crippen molar-refractivity contribution >= 4 is 17.7 Å². The lowest BCUT2D eigenvalue weighted by atomic mass is 10.0. The van der Waals surface area contributed by atoms with E-state index in [1.165, 1.54) is 6.92 Å². The van der Waals surface area contributed by atoms with E-state index in [1.807, 2.05) is 24.5 Å². The highest BCUT2D eigenvalue weighted by molar-refractivity contribution is 5.99. The number of hydrogen-bond donors (Lipinski definition) is 0. The van der Waals surface area contributed by atoms with Gasteiger partial charge in [-0.2, -0.15) is 0 Å². The third-order valence-electron chi connectivity index (χ3n) is 5.02. The summed E-state index contributed by atoms with van der Waals surface area (Å²) in [6.07, 6.45) is 10.6. The van der Waals surface area contributed by atoms with Gasteiger partial charge in [-0.15, -0.1) is 0 Å². The molecule has 1 aromatic carbocycles. The number of rotatable bonds is 12. The highest BCUT2D eigenvalue weighted by Gasteiger charge is 2.14. The van der Waals surface area contributed by atoms with Crippen molar-refractivity contribution < 1.29 is 23.7 Å². The molecule has 0 saturated heterocycles. The molecule has 0 bridgehead atoms. The van der Waals surface area contributed by atoms with Crippen LogP contribution < -0.4 is 9.30 Å². The lowest BCUT2D eigenvalue weighted by Gasteiger charge is -2.09. The average Bonchev–Trinajstić information content (AvgIpc) is 2.75. The van der Waals surface area contributed by atoms with Gasteiger partial charge in [0.15, 0.2) is 18.2 Å². The van der Waals surface area contributed by atoms with Gasteiger partial charge in [-0.3, -0.25) is 14.4 Å². The Morgan fingerprint density at radius 3 is 2.29 bits per heavy atom. The van der Waals surface area contributed by atoms with E-state index >= 15 is 0 Å². The fourth-order valence-electron chi connectivity index (χ4n) is 3.41. The number of esters is 1. The minimum Gasteiger partial charge on any atom is -0.426 e. The van der Waals surface area contributed by atoms with Crippen molar-refractivity contribution in [2.75, 3.05) is 14.1 Å². The molecule has 1 heterocycles. The van der Waals surface area contributed by atoms with Gasteiger partial charge < -0.3 is 9.64 Å². The summed E-state index contributed by atoms with van der Waals surface area (Å²) in [5.74, 6) is -0.0527. The summed E-state index contributed by atoms with van der Waals surface area (Å²) in [5.41, 5.74) is 1.18. The van der Waals surface area contributed by atoms with Crippen LogP contribution in [0.1, 0.15) is 72.6 Å². The molecule has 0 saturated carbocycles. The number of carbonyl (C=O) groups is 3. The number of para-hydroxylation sites is 1. The molecule has 1 aromatic heterocycles. The van der Waals surface area contributed by atoms with Crippen molar-refractivity contribution in [3.63, 3.8) is 0 Å². The fourth-order valence-corrected chi connectivity index (χ4v) is 3.41. The summed E-state index contributed by atoms with van der Waals surface area (Å²) in [6, 6.07) is 10.6. The number of aryl methyl sites for hydroxylation is 1.